The summed E-state index contributed by atoms with van der Waals surface area (Å²) in [6.07, 6.45) is 3.79. The van der Waals surface area contributed by atoms with Crippen LogP contribution in [0.25, 0.3) is 0 Å². The van der Waals surface area contributed by atoms with Gasteiger partial charge in [-0.1, -0.05) is 19.1 Å². The molecule has 17 heavy (non-hydrogen) atoms. The standard InChI is InChI=1S/C14H19NO2/c1-10(8-11-4-3-7-15-11)12-5-2-6-13-14(12)17-9-16-13/h2,5-6,10-11,15H,3-4,7-9H2,1H3. The lowest BCUT2D eigenvalue weighted by molar-refractivity contribution is 0.173. The molecule has 1 fully saturated rings. The van der Waals surface area contributed by atoms with E-state index in [4.69, 9.17) is 9.47 Å². The first-order valence-corrected chi connectivity index (χ1v) is 6.46. The number of nitrogens with one attached hydrogen (secondary N) is 1. The van der Waals surface area contributed by atoms with E-state index in [1.807, 2.05) is 6.07 Å². The van der Waals surface area contributed by atoms with Gasteiger partial charge in [-0.15, -0.1) is 0 Å². The minimum atomic E-state index is 0.362. The minimum absolute atomic E-state index is 0.362. The van der Waals surface area contributed by atoms with Gasteiger partial charge in [0.1, 0.15) is 0 Å². The zero-order chi connectivity index (χ0) is 11.7. The molecule has 0 radical (unpaired) electrons. The van der Waals surface area contributed by atoms with Gasteiger partial charge < -0.3 is 14.8 Å². The molecule has 0 amide bonds. The topological polar surface area (TPSA) is 30.5 Å². The summed E-state index contributed by atoms with van der Waals surface area (Å²) in [5, 5.41) is 3.55. The first-order valence-electron chi connectivity index (χ1n) is 6.46. The fraction of sp³-hybridized carbons (Fsp3) is 0.571. The number of para-hydroxylation sites is 1. The Kier molecular flexibility index (Phi) is 2.93. The van der Waals surface area contributed by atoms with Gasteiger partial charge in [0.2, 0.25) is 6.79 Å². The van der Waals surface area contributed by atoms with Crippen molar-refractivity contribution in [3.05, 3.63) is 23.8 Å². The summed E-state index contributed by atoms with van der Waals surface area (Å²) in [7, 11) is 0. The third kappa shape index (κ3) is 2.12. The molecule has 0 bridgehead atoms. The molecule has 1 aromatic carbocycles. The van der Waals surface area contributed by atoms with E-state index in [1.54, 1.807) is 0 Å². The molecule has 3 rings (SSSR count). The van der Waals surface area contributed by atoms with Crippen molar-refractivity contribution < 1.29 is 9.47 Å². The van der Waals surface area contributed by atoms with Crippen molar-refractivity contribution in [3.63, 3.8) is 0 Å². The molecule has 0 aliphatic carbocycles. The molecule has 2 aliphatic heterocycles. The van der Waals surface area contributed by atoms with E-state index in [9.17, 15) is 0 Å². The average molecular weight is 233 g/mol. The SMILES string of the molecule is CC(CC1CCCN1)c1cccc2c1OCO2. The maximum Gasteiger partial charge on any atom is 0.231 e. The molecule has 3 heteroatoms. The molecule has 3 nitrogen and oxygen atoms in total. The summed E-state index contributed by atoms with van der Waals surface area (Å²) in [6, 6.07) is 6.86. The van der Waals surface area contributed by atoms with Crippen LogP contribution in [-0.4, -0.2) is 19.4 Å². The third-order valence-corrected chi connectivity index (χ3v) is 3.76. The molecule has 0 spiro atoms. The molecule has 2 atom stereocenters. The van der Waals surface area contributed by atoms with Crippen molar-refractivity contribution in [2.75, 3.05) is 13.3 Å². The van der Waals surface area contributed by atoms with Crippen LogP contribution < -0.4 is 14.8 Å². The largest absolute Gasteiger partial charge is 0.454 e. The van der Waals surface area contributed by atoms with Crippen LogP contribution >= 0.6 is 0 Å². The number of rotatable bonds is 3. The number of hydrogen-bond acceptors (Lipinski definition) is 3. The smallest absolute Gasteiger partial charge is 0.231 e. The highest BCUT2D eigenvalue weighted by atomic mass is 16.7. The fourth-order valence-corrected chi connectivity index (χ4v) is 2.85. The quantitative estimate of drug-likeness (QED) is 0.870. The lowest BCUT2D eigenvalue weighted by atomic mass is 9.92. The second-order valence-corrected chi connectivity index (χ2v) is 5.01. The van der Waals surface area contributed by atoms with Crippen LogP contribution in [0.4, 0.5) is 0 Å². The summed E-state index contributed by atoms with van der Waals surface area (Å²) in [4.78, 5) is 0. The highest BCUT2D eigenvalue weighted by Gasteiger charge is 2.24. The number of benzene rings is 1. The van der Waals surface area contributed by atoms with Crippen molar-refractivity contribution in [1.29, 1.82) is 0 Å². The van der Waals surface area contributed by atoms with Crippen molar-refractivity contribution in [1.82, 2.24) is 5.32 Å². The zero-order valence-corrected chi connectivity index (χ0v) is 10.2. The van der Waals surface area contributed by atoms with Crippen LogP contribution in [0.15, 0.2) is 18.2 Å². The van der Waals surface area contributed by atoms with Gasteiger partial charge in [-0.3, -0.25) is 0 Å². The van der Waals surface area contributed by atoms with Gasteiger partial charge in [-0.05, 0) is 37.8 Å². The number of fused-ring (bicyclic) bond motifs is 1. The van der Waals surface area contributed by atoms with Gasteiger partial charge in [-0.2, -0.15) is 0 Å². The van der Waals surface area contributed by atoms with E-state index in [0.717, 1.165) is 11.5 Å². The Morgan fingerprint density at radius 3 is 3.18 bits per heavy atom. The first kappa shape index (κ1) is 10.9. The number of hydrogen-bond donors (Lipinski definition) is 1. The monoisotopic (exact) mass is 233 g/mol. The van der Waals surface area contributed by atoms with Gasteiger partial charge in [0.15, 0.2) is 11.5 Å². The summed E-state index contributed by atoms with van der Waals surface area (Å²) in [5.74, 6) is 2.37. The van der Waals surface area contributed by atoms with Crippen molar-refractivity contribution in [3.8, 4) is 11.5 Å². The number of ether oxygens (including phenoxy) is 2. The summed E-state index contributed by atoms with van der Waals surface area (Å²) >= 11 is 0. The Balaban J connectivity index is 1.76. The predicted molar refractivity (Wildman–Crippen MR) is 66.6 cm³/mol. The Morgan fingerprint density at radius 1 is 1.41 bits per heavy atom. The highest BCUT2D eigenvalue weighted by molar-refractivity contribution is 5.49. The lowest BCUT2D eigenvalue weighted by Crippen LogP contribution is -2.23. The molecular weight excluding hydrogens is 214 g/mol. The molecule has 1 N–H and O–H groups in total. The van der Waals surface area contributed by atoms with Crippen molar-refractivity contribution in [2.24, 2.45) is 0 Å². The van der Waals surface area contributed by atoms with Crippen LogP contribution in [0, 0.1) is 0 Å². The molecule has 1 aromatic rings. The van der Waals surface area contributed by atoms with Gasteiger partial charge in [0, 0.05) is 11.6 Å². The maximum absolute atomic E-state index is 5.57. The van der Waals surface area contributed by atoms with Gasteiger partial charge >= 0.3 is 0 Å². The second kappa shape index (κ2) is 4.57. The van der Waals surface area contributed by atoms with Gasteiger partial charge in [0.05, 0.1) is 0 Å². The van der Waals surface area contributed by atoms with E-state index in [-0.39, 0.29) is 0 Å². The lowest BCUT2D eigenvalue weighted by Gasteiger charge is -2.18. The maximum atomic E-state index is 5.57. The average Bonchev–Trinajstić information content (AvgIpc) is 2.97. The molecule has 92 valence electrons. The van der Waals surface area contributed by atoms with E-state index < -0.39 is 0 Å². The Labute approximate surface area is 102 Å². The minimum Gasteiger partial charge on any atom is -0.454 e. The summed E-state index contributed by atoms with van der Waals surface area (Å²) in [5.41, 5.74) is 1.29. The van der Waals surface area contributed by atoms with E-state index in [1.165, 1.54) is 31.4 Å². The second-order valence-electron chi connectivity index (χ2n) is 5.01. The van der Waals surface area contributed by atoms with Crippen LogP contribution in [-0.2, 0) is 0 Å². The van der Waals surface area contributed by atoms with E-state index in [0.29, 0.717) is 18.8 Å². The first-order chi connectivity index (χ1) is 8.34. The Morgan fingerprint density at radius 2 is 2.35 bits per heavy atom. The van der Waals surface area contributed by atoms with Crippen LogP contribution in [0.3, 0.4) is 0 Å². The van der Waals surface area contributed by atoms with Crippen molar-refractivity contribution >= 4 is 0 Å². The van der Waals surface area contributed by atoms with Crippen LogP contribution in [0.2, 0.25) is 0 Å². The molecule has 1 saturated heterocycles. The molecule has 0 saturated carbocycles. The predicted octanol–water partition coefficient (Wildman–Crippen LogP) is 2.66. The normalized spacial score (nSPS) is 23.9. The van der Waals surface area contributed by atoms with E-state index in [2.05, 4.69) is 24.4 Å². The summed E-state index contributed by atoms with van der Waals surface area (Å²) in [6.45, 7) is 3.81. The fourth-order valence-electron chi connectivity index (χ4n) is 2.85. The molecule has 2 aliphatic rings. The molecule has 2 heterocycles. The Hall–Kier alpha value is -1.22. The van der Waals surface area contributed by atoms with Crippen LogP contribution in [0.5, 0.6) is 11.5 Å². The van der Waals surface area contributed by atoms with Crippen molar-refractivity contribution in [2.45, 2.75) is 38.1 Å². The molecule has 0 aromatic heterocycles. The third-order valence-electron chi connectivity index (χ3n) is 3.76. The van der Waals surface area contributed by atoms with E-state index >= 15 is 0 Å². The zero-order valence-electron chi connectivity index (χ0n) is 10.2. The molecular formula is C14H19NO2. The Bertz CT molecular complexity index is 399. The highest BCUT2D eigenvalue weighted by Crippen LogP contribution is 2.40. The van der Waals surface area contributed by atoms with Gasteiger partial charge in [-0.25, -0.2) is 0 Å². The summed E-state index contributed by atoms with van der Waals surface area (Å²) < 4.78 is 11.0. The van der Waals surface area contributed by atoms with Crippen LogP contribution in [0.1, 0.15) is 37.7 Å². The molecule has 2 unspecified atom stereocenters. The van der Waals surface area contributed by atoms with Gasteiger partial charge in [0.25, 0.3) is 0 Å².